The van der Waals surface area contributed by atoms with Crippen molar-refractivity contribution in [2.45, 2.75) is 39.2 Å². The first-order valence-corrected chi connectivity index (χ1v) is 9.23. The molecule has 1 fully saturated rings. The quantitative estimate of drug-likeness (QED) is 0.762. The van der Waals surface area contributed by atoms with Crippen LogP contribution in [0.2, 0.25) is 0 Å². The maximum Gasteiger partial charge on any atom is 0.123 e. The van der Waals surface area contributed by atoms with E-state index in [0.29, 0.717) is 19.1 Å². The molecular formula is C21H27N2O2. The highest BCUT2D eigenvalue weighted by Crippen LogP contribution is 2.29. The molecule has 0 amide bonds. The zero-order chi connectivity index (χ0) is 17.5. The van der Waals surface area contributed by atoms with Gasteiger partial charge in [0, 0.05) is 30.8 Å². The summed E-state index contributed by atoms with van der Waals surface area (Å²) in [7, 11) is 0. The number of benzene rings is 1. The van der Waals surface area contributed by atoms with Crippen molar-refractivity contribution < 1.29 is 9.47 Å². The van der Waals surface area contributed by atoms with Gasteiger partial charge in [0.2, 0.25) is 0 Å². The van der Waals surface area contributed by atoms with Crippen molar-refractivity contribution in [3.63, 3.8) is 0 Å². The molecule has 1 aromatic carbocycles. The SMILES string of the molecule is CCOc1cc(CN2CCC(c3[c]cccn3)CC2)cc(OCC)c1. The van der Waals surface area contributed by atoms with Crippen LogP contribution in [0.4, 0.5) is 0 Å². The highest BCUT2D eigenvalue weighted by Gasteiger charge is 2.21. The predicted molar refractivity (Wildman–Crippen MR) is 99.1 cm³/mol. The Morgan fingerprint density at radius 3 is 2.32 bits per heavy atom. The minimum absolute atomic E-state index is 0.534. The van der Waals surface area contributed by atoms with Crippen LogP contribution in [0.1, 0.15) is 43.9 Å². The third kappa shape index (κ3) is 4.95. The molecule has 25 heavy (non-hydrogen) atoms. The lowest BCUT2D eigenvalue weighted by molar-refractivity contribution is 0.202. The Labute approximate surface area is 150 Å². The van der Waals surface area contributed by atoms with Gasteiger partial charge >= 0.3 is 0 Å². The normalized spacial score (nSPS) is 15.9. The summed E-state index contributed by atoms with van der Waals surface area (Å²) in [5, 5.41) is 0. The van der Waals surface area contributed by atoms with Gasteiger partial charge in [-0.05, 0) is 63.5 Å². The van der Waals surface area contributed by atoms with Crippen molar-refractivity contribution in [1.82, 2.24) is 9.88 Å². The van der Waals surface area contributed by atoms with Crippen LogP contribution in [0, 0.1) is 6.07 Å². The predicted octanol–water partition coefficient (Wildman–Crippen LogP) is 4.06. The molecule has 3 rings (SSSR count). The summed E-state index contributed by atoms with van der Waals surface area (Å²) in [6, 6.07) is 13.4. The molecular weight excluding hydrogens is 312 g/mol. The van der Waals surface area contributed by atoms with E-state index in [0.717, 1.165) is 49.7 Å². The minimum atomic E-state index is 0.534. The molecule has 2 aromatic rings. The number of piperidine rings is 1. The van der Waals surface area contributed by atoms with E-state index in [1.54, 1.807) is 0 Å². The largest absolute Gasteiger partial charge is 0.494 e. The Morgan fingerprint density at radius 2 is 1.76 bits per heavy atom. The van der Waals surface area contributed by atoms with Crippen LogP contribution in [0.15, 0.2) is 36.5 Å². The van der Waals surface area contributed by atoms with Crippen molar-refractivity contribution in [3.8, 4) is 11.5 Å². The first-order chi connectivity index (χ1) is 12.3. The summed E-state index contributed by atoms with van der Waals surface area (Å²) < 4.78 is 11.4. The van der Waals surface area contributed by atoms with Crippen molar-refractivity contribution >= 4 is 0 Å². The van der Waals surface area contributed by atoms with Crippen LogP contribution in [-0.2, 0) is 6.54 Å². The van der Waals surface area contributed by atoms with Gasteiger partial charge in [-0.25, -0.2) is 0 Å². The number of ether oxygens (including phenoxy) is 2. The van der Waals surface area contributed by atoms with Crippen molar-refractivity contribution in [2.75, 3.05) is 26.3 Å². The van der Waals surface area contributed by atoms with Gasteiger partial charge < -0.3 is 9.47 Å². The van der Waals surface area contributed by atoms with E-state index in [1.807, 2.05) is 38.2 Å². The molecule has 0 saturated carbocycles. The Balaban J connectivity index is 1.61. The van der Waals surface area contributed by atoms with Gasteiger partial charge in [0.1, 0.15) is 11.5 Å². The molecule has 0 aliphatic carbocycles. The monoisotopic (exact) mass is 339 g/mol. The second kappa shape index (κ2) is 8.86. The summed E-state index contributed by atoms with van der Waals surface area (Å²) in [4.78, 5) is 6.97. The fourth-order valence-electron chi connectivity index (χ4n) is 3.41. The van der Waals surface area contributed by atoms with E-state index >= 15 is 0 Å². The first kappa shape index (κ1) is 17.7. The Bertz CT molecular complexity index is 628. The van der Waals surface area contributed by atoms with Gasteiger partial charge in [-0.15, -0.1) is 0 Å². The van der Waals surface area contributed by atoms with Gasteiger partial charge in [-0.1, -0.05) is 6.07 Å². The summed E-state index contributed by atoms with van der Waals surface area (Å²) in [5.41, 5.74) is 2.36. The molecule has 1 saturated heterocycles. The summed E-state index contributed by atoms with van der Waals surface area (Å²) in [6.45, 7) is 8.44. The number of hydrogen-bond donors (Lipinski definition) is 0. The Morgan fingerprint density at radius 1 is 1.08 bits per heavy atom. The highest BCUT2D eigenvalue weighted by atomic mass is 16.5. The van der Waals surface area contributed by atoms with Crippen molar-refractivity contribution in [2.24, 2.45) is 0 Å². The molecule has 0 bridgehead atoms. The standard InChI is InChI=1S/C21H27N2O2/c1-3-24-19-13-17(14-20(15-19)25-4-2)16-23-11-8-18(9-12-23)21-7-5-6-10-22-21/h5-6,10,13-15,18H,3-4,8-9,11-12,16H2,1-2H3. The second-order valence-electron chi connectivity index (χ2n) is 6.40. The lowest BCUT2D eigenvalue weighted by Gasteiger charge is -2.31. The first-order valence-electron chi connectivity index (χ1n) is 9.23. The maximum atomic E-state index is 5.69. The Hall–Kier alpha value is -2.07. The van der Waals surface area contributed by atoms with Crippen LogP contribution in [0.3, 0.4) is 0 Å². The van der Waals surface area contributed by atoms with E-state index in [4.69, 9.17) is 9.47 Å². The molecule has 1 aliphatic heterocycles. The molecule has 2 heterocycles. The molecule has 1 radical (unpaired) electrons. The molecule has 1 aliphatic rings. The summed E-state index contributed by atoms with van der Waals surface area (Å²) >= 11 is 0. The molecule has 4 heteroatoms. The second-order valence-corrected chi connectivity index (χ2v) is 6.40. The highest BCUT2D eigenvalue weighted by molar-refractivity contribution is 5.38. The zero-order valence-electron chi connectivity index (χ0n) is 15.2. The number of hydrogen-bond acceptors (Lipinski definition) is 4. The van der Waals surface area contributed by atoms with Gasteiger partial charge in [-0.3, -0.25) is 9.88 Å². The van der Waals surface area contributed by atoms with Gasteiger partial charge in [0.15, 0.2) is 0 Å². The maximum absolute atomic E-state index is 5.69. The van der Waals surface area contributed by atoms with Crippen LogP contribution >= 0.6 is 0 Å². The van der Waals surface area contributed by atoms with Gasteiger partial charge in [0.05, 0.1) is 18.9 Å². The lowest BCUT2D eigenvalue weighted by atomic mass is 9.93. The fraction of sp³-hybridized carbons (Fsp3) is 0.476. The molecule has 0 N–H and O–H groups in total. The van der Waals surface area contributed by atoms with E-state index < -0.39 is 0 Å². The Kier molecular flexibility index (Phi) is 6.29. The molecule has 4 nitrogen and oxygen atoms in total. The number of aromatic nitrogens is 1. The van der Waals surface area contributed by atoms with Gasteiger partial charge in [-0.2, -0.15) is 0 Å². The smallest absolute Gasteiger partial charge is 0.123 e. The third-order valence-corrected chi connectivity index (χ3v) is 4.57. The number of rotatable bonds is 7. The average Bonchev–Trinajstić information content (AvgIpc) is 2.63. The zero-order valence-corrected chi connectivity index (χ0v) is 15.2. The summed E-state index contributed by atoms with van der Waals surface area (Å²) in [6.07, 6.45) is 4.14. The number of pyridine rings is 1. The van der Waals surface area contributed by atoms with Crippen molar-refractivity contribution in [3.05, 3.63) is 53.9 Å². The van der Waals surface area contributed by atoms with Crippen LogP contribution in [0.5, 0.6) is 11.5 Å². The summed E-state index contributed by atoms with van der Waals surface area (Å²) in [5.74, 6) is 2.31. The van der Waals surface area contributed by atoms with E-state index in [9.17, 15) is 0 Å². The van der Waals surface area contributed by atoms with Crippen LogP contribution in [0.25, 0.3) is 0 Å². The van der Waals surface area contributed by atoms with Crippen LogP contribution < -0.4 is 9.47 Å². The third-order valence-electron chi connectivity index (χ3n) is 4.57. The van der Waals surface area contributed by atoms with E-state index in [1.165, 1.54) is 5.56 Å². The molecule has 0 unspecified atom stereocenters. The number of nitrogens with zero attached hydrogens (tertiary/aromatic N) is 2. The van der Waals surface area contributed by atoms with Crippen molar-refractivity contribution in [1.29, 1.82) is 0 Å². The molecule has 0 spiro atoms. The average molecular weight is 339 g/mol. The molecule has 1 aromatic heterocycles. The molecule has 0 atom stereocenters. The van der Waals surface area contributed by atoms with E-state index in [2.05, 4.69) is 28.1 Å². The van der Waals surface area contributed by atoms with E-state index in [-0.39, 0.29) is 0 Å². The molecule has 133 valence electrons. The minimum Gasteiger partial charge on any atom is -0.494 e. The lowest BCUT2D eigenvalue weighted by Crippen LogP contribution is -2.32. The van der Waals surface area contributed by atoms with Gasteiger partial charge in [0.25, 0.3) is 0 Å². The fourth-order valence-corrected chi connectivity index (χ4v) is 3.41. The number of likely N-dealkylation sites (tertiary alicyclic amines) is 1. The van der Waals surface area contributed by atoms with Crippen LogP contribution in [-0.4, -0.2) is 36.2 Å². The topological polar surface area (TPSA) is 34.6 Å².